The molecule has 0 saturated carbocycles. The highest BCUT2D eigenvalue weighted by Gasteiger charge is 2.11. The van der Waals surface area contributed by atoms with Crippen molar-refractivity contribution in [1.82, 2.24) is 10.2 Å². The number of carboxylic acids is 1. The van der Waals surface area contributed by atoms with Crippen LogP contribution in [0.15, 0.2) is 48.5 Å². The third kappa shape index (κ3) is 5.16. The molecule has 0 radical (unpaired) electrons. The molecule has 2 rings (SSSR count). The third-order valence-corrected chi connectivity index (χ3v) is 4.11. The lowest BCUT2D eigenvalue weighted by molar-refractivity contribution is 0.0696. The molecule has 132 valence electrons. The van der Waals surface area contributed by atoms with Crippen LogP contribution in [0.1, 0.15) is 45.7 Å². The van der Waals surface area contributed by atoms with Crippen LogP contribution in [-0.2, 0) is 13.1 Å². The van der Waals surface area contributed by atoms with E-state index in [0.29, 0.717) is 31.7 Å². The predicted molar refractivity (Wildman–Crippen MR) is 97.6 cm³/mol. The van der Waals surface area contributed by atoms with Crippen molar-refractivity contribution in [1.29, 1.82) is 0 Å². The van der Waals surface area contributed by atoms with Gasteiger partial charge in [-0.05, 0) is 49.2 Å². The molecule has 25 heavy (non-hydrogen) atoms. The topological polar surface area (TPSA) is 69.6 Å². The zero-order valence-corrected chi connectivity index (χ0v) is 14.7. The Kier molecular flexibility index (Phi) is 6.71. The molecule has 0 bridgehead atoms. The van der Waals surface area contributed by atoms with Gasteiger partial charge in [-0.2, -0.15) is 0 Å². The Hall–Kier alpha value is -2.66. The van der Waals surface area contributed by atoms with Crippen LogP contribution in [0.5, 0.6) is 0 Å². The van der Waals surface area contributed by atoms with E-state index in [1.54, 1.807) is 17.0 Å². The van der Waals surface area contributed by atoms with Crippen molar-refractivity contribution < 1.29 is 14.7 Å². The number of carboxylic acid groups (broad SMARTS) is 1. The quantitative estimate of drug-likeness (QED) is 0.774. The highest BCUT2D eigenvalue weighted by Crippen LogP contribution is 2.09. The molecule has 0 saturated heterocycles. The lowest BCUT2D eigenvalue weighted by Gasteiger charge is -2.18. The Balaban J connectivity index is 1.87. The minimum Gasteiger partial charge on any atom is -0.478 e. The third-order valence-electron chi connectivity index (χ3n) is 4.11. The molecule has 0 spiro atoms. The van der Waals surface area contributed by atoms with Crippen molar-refractivity contribution in [2.45, 2.75) is 26.9 Å². The fourth-order valence-corrected chi connectivity index (χ4v) is 2.57. The number of benzene rings is 2. The van der Waals surface area contributed by atoms with Gasteiger partial charge < -0.3 is 15.3 Å². The lowest BCUT2D eigenvalue weighted by atomic mass is 10.1. The Bertz CT molecular complexity index is 705. The number of amides is 1. The fraction of sp³-hybridized carbons (Fsp3) is 0.300. The molecule has 0 aliphatic heterocycles. The normalized spacial score (nSPS) is 10.5. The van der Waals surface area contributed by atoms with Crippen molar-refractivity contribution >= 4 is 11.9 Å². The van der Waals surface area contributed by atoms with Crippen LogP contribution in [0.25, 0.3) is 0 Å². The molecule has 2 N–H and O–H groups in total. The molecule has 0 unspecified atom stereocenters. The molecule has 0 aliphatic rings. The second kappa shape index (κ2) is 8.99. The van der Waals surface area contributed by atoms with Crippen LogP contribution in [0.3, 0.4) is 0 Å². The second-order valence-electron chi connectivity index (χ2n) is 5.78. The summed E-state index contributed by atoms with van der Waals surface area (Å²) in [4.78, 5) is 24.9. The van der Waals surface area contributed by atoms with E-state index in [-0.39, 0.29) is 11.5 Å². The monoisotopic (exact) mass is 340 g/mol. The molecule has 5 heteroatoms. The summed E-state index contributed by atoms with van der Waals surface area (Å²) in [5.41, 5.74) is 3.12. The summed E-state index contributed by atoms with van der Waals surface area (Å²) < 4.78 is 0. The molecule has 2 aromatic carbocycles. The fourth-order valence-electron chi connectivity index (χ4n) is 2.57. The van der Waals surface area contributed by atoms with E-state index in [0.717, 1.165) is 11.1 Å². The molecule has 0 atom stereocenters. The number of carbonyl (C=O) groups excluding carboxylic acids is 1. The van der Waals surface area contributed by atoms with Gasteiger partial charge >= 0.3 is 5.97 Å². The maximum atomic E-state index is 12.3. The highest BCUT2D eigenvalue weighted by molar-refractivity contribution is 5.94. The first-order valence-corrected chi connectivity index (χ1v) is 8.46. The number of nitrogens with zero attached hydrogens (tertiary/aromatic N) is 1. The summed E-state index contributed by atoms with van der Waals surface area (Å²) >= 11 is 0. The van der Waals surface area contributed by atoms with E-state index in [1.807, 2.05) is 50.2 Å². The van der Waals surface area contributed by atoms with Gasteiger partial charge in [0.05, 0.1) is 5.56 Å². The van der Waals surface area contributed by atoms with Gasteiger partial charge in [0.15, 0.2) is 0 Å². The van der Waals surface area contributed by atoms with Crippen molar-refractivity contribution in [2.24, 2.45) is 0 Å². The van der Waals surface area contributed by atoms with E-state index >= 15 is 0 Å². The van der Waals surface area contributed by atoms with Crippen LogP contribution in [-0.4, -0.2) is 35.0 Å². The van der Waals surface area contributed by atoms with E-state index in [9.17, 15) is 9.59 Å². The number of hydrogen-bond donors (Lipinski definition) is 2. The molecule has 0 aliphatic carbocycles. The SMILES string of the molecule is CCN(CC)C(=O)c1ccc(CNCc2ccc(C(=O)O)cc2)cc1. The molecule has 1 amide bonds. The van der Waals surface area contributed by atoms with Gasteiger partial charge in [-0.1, -0.05) is 24.3 Å². The first-order valence-electron chi connectivity index (χ1n) is 8.46. The molecule has 2 aromatic rings. The smallest absolute Gasteiger partial charge is 0.335 e. The van der Waals surface area contributed by atoms with E-state index in [2.05, 4.69) is 5.32 Å². The van der Waals surface area contributed by atoms with Gasteiger partial charge in [-0.15, -0.1) is 0 Å². The molecule has 0 heterocycles. The minimum atomic E-state index is -0.918. The average Bonchev–Trinajstić information content (AvgIpc) is 2.63. The van der Waals surface area contributed by atoms with Crippen LogP contribution in [0.2, 0.25) is 0 Å². The summed E-state index contributed by atoms with van der Waals surface area (Å²) in [6.07, 6.45) is 0. The molecule has 0 aromatic heterocycles. The van der Waals surface area contributed by atoms with Gasteiger partial charge in [0, 0.05) is 31.7 Å². The summed E-state index contributed by atoms with van der Waals surface area (Å²) in [6, 6.07) is 14.5. The van der Waals surface area contributed by atoms with Crippen LogP contribution in [0, 0.1) is 0 Å². The van der Waals surface area contributed by atoms with Gasteiger partial charge in [0.2, 0.25) is 0 Å². The summed E-state index contributed by atoms with van der Waals surface area (Å²) in [6.45, 7) is 6.70. The highest BCUT2D eigenvalue weighted by atomic mass is 16.4. The van der Waals surface area contributed by atoms with Gasteiger partial charge in [0.25, 0.3) is 5.91 Å². The number of hydrogen-bond acceptors (Lipinski definition) is 3. The maximum absolute atomic E-state index is 12.3. The number of aromatic carboxylic acids is 1. The van der Waals surface area contributed by atoms with Crippen molar-refractivity contribution in [3.63, 3.8) is 0 Å². The number of carbonyl (C=O) groups is 2. The second-order valence-corrected chi connectivity index (χ2v) is 5.78. The van der Waals surface area contributed by atoms with E-state index in [4.69, 9.17) is 5.11 Å². The Labute approximate surface area is 148 Å². The maximum Gasteiger partial charge on any atom is 0.335 e. The average molecular weight is 340 g/mol. The number of rotatable bonds is 8. The molecular formula is C20H24N2O3. The minimum absolute atomic E-state index is 0.0584. The lowest BCUT2D eigenvalue weighted by Crippen LogP contribution is -2.30. The first kappa shape index (κ1) is 18.7. The predicted octanol–water partition coefficient (Wildman–Crippen LogP) is 3.16. The van der Waals surface area contributed by atoms with Crippen molar-refractivity contribution in [3.05, 3.63) is 70.8 Å². The van der Waals surface area contributed by atoms with Crippen LogP contribution < -0.4 is 5.32 Å². The largest absolute Gasteiger partial charge is 0.478 e. The molecule has 0 fully saturated rings. The van der Waals surface area contributed by atoms with E-state index in [1.165, 1.54) is 0 Å². The molecular weight excluding hydrogens is 316 g/mol. The van der Waals surface area contributed by atoms with Gasteiger partial charge in [-0.3, -0.25) is 4.79 Å². The summed E-state index contributed by atoms with van der Waals surface area (Å²) in [5, 5.41) is 12.2. The molecule has 5 nitrogen and oxygen atoms in total. The first-order chi connectivity index (χ1) is 12.0. The summed E-state index contributed by atoms with van der Waals surface area (Å²) in [5.74, 6) is -0.859. The van der Waals surface area contributed by atoms with Gasteiger partial charge in [-0.25, -0.2) is 4.79 Å². The Morgan fingerprint density at radius 1 is 0.840 bits per heavy atom. The Morgan fingerprint density at radius 3 is 1.68 bits per heavy atom. The zero-order chi connectivity index (χ0) is 18.2. The van der Waals surface area contributed by atoms with Crippen molar-refractivity contribution in [3.8, 4) is 0 Å². The summed E-state index contributed by atoms with van der Waals surface area (Å²) in [7, 11) is 0. The van der Waals surface area contributed by atoms with Crippen molar-refractivity contribution in [2.75, 3.05) is 13.1 Å². The number of nitrogens with one attached hydrogen (secondary N) is 1. The standard InChI is InChI=1S/C20H24N2O3/c1-3-22(4-2)19(23)17-9-5-15(6-10-17)13-21-14-16-7-11-18(12-8-16)20(24)25/h5-12,21H,3-4,13-14H2,1-2H3,(H,24,25). The van der Waals surface area contributed by atoms with E-state index < -0.39 is 5.97 Å². The van der Waals surface area contributed by atoms with Crippen LogP contribution >= 0.6 is 0 Å². The van der Waals surface area contributed by atoms with Gasteiger partial charge in [0.1, 0.15) is 0 Å². The van der Waals surface area contributed by atoms with Crippen LogP contribution in [0.4, 0.5) is 0 Å². The Morgan fingerprint density at radius 2 is 1.28 bits per heavy atom. The zero-order valence-electron chi connectivity index (χ0n) is 14.7.